The Labute approximate surface area is 116 Å². The number of likely N-dealkylation sites (N-methyl/N-ethyl adjacent to an activating group) is 1. The van der Waals surface area contributed by atoms with Crippen LogP contribution in [0.1, 0.15) is 5.56 Å². The van der Waals surface area contributed by atoms with Crippen LogP contribution in [0.2, 0.25) is 0 Å². The number of ether oxygens (including phenoxy) is 2. The highest BCUT2D eigenvalue weighted by molar-refractivity contribution is 5.97. The molecular weight excluding hydrogens is 262 g/mol. The Kier molecular flexibility index (Phi) is 5.46. The summed E-state index contributed by atoms with van der Waals surface area (Å²) in [5.74, 6) is -2.67. The van der Waals surface area contributed by atoms with Crippen molar-refractivity contribution in [3.8, 4) is 0 Å². The third kappa shape index (κ3) is 3.68. The average molecular weight is 278 g/mol. The second kappa shape index (κ2) is 7.08. The molecule has 0 spiro atoms. The number of aliphatic hydroxyl groups is 1. The lowest BCUT2D eigenvalue weighted by Crippen LogP contribution is -2.23. The first-order valence-corrected chi connectivity index (χ1v) is 5.73. The van der Waals surface area contributed by atoms with Gasteiger partial charge in [-0.1, -0.05) is 18.2 Å². The van der Waals surface area contributed by atoms with Gasteiger partial charge < -0.3 is 14.6 Å². The molecule has 0 bridgehead atoms. The second-order valence-electron chi connectivity index (χ2n) is 3.83. The van der Waals surface area contributed by atoms with Gasteiger partial charge in [0.05, 0.1) is 14.2 Å². The van der Waals surface area contributed by atoms with Gasteiger partial charge in [-0.05, 0) is 12.1 Å². The van der Waals surface area contributed by atoms with E-state index in [4.69, 9.17) is 0 Å². The maximum Gasteiger partial charge on any atom is 0.407 e. The van der Waals surface area contributed by atoms with Crippen LogP contribution in [0.25, 0.3) is 0 Å². The molecule has 0 amide bonds. The topological polar surface area (TPSA) is 75.8 Å². The van der Waals surface area contributed by atoms with E-state index >= 15 is 0 Å². The molecule has 0 atom stereocenters. The molecule has 0 aliphatic carbocycles. The predicted molar refractivity (Wildman–Crippen MR) is 71.5 cm³/mol. The average Bonchev–Trinajstić information content (AvgIpc) is 2.47. The van der Waals surface area contributed by atoms with Gasteiger partial charge in [0.15, 0.2) is 6.21 Å². The third-order valence-electron chi connectivity index (χ3n) is 2.48. The summed E-state index contributed by atoms with van der Waals surface area (Å²) in [5.41, 5.74) is 0.484. The molecule has 6 heteroatoms. The number of hydrogen-bond donors (Lipinski definition) is 1. The van der Waals surface area contributed by atoms with Gasteiger partial charge in [-0.3, -0.25) is 0 Å². The van der Waals surface area contributed by atoms with E-state index in [1.165, 1.54) is 11.6 Å². The fourth-order valence-corrected chi connectivity index (χ4v) is 1.52. The molecule has 1 N–H and O–H groups in total. The maximum atomic E-state index is 11.7. The molecule has 1 rings (SSSR count). The van der Waals surface area contributed by atoms with Gasteiger partial charge in [0.25, 0.3) is 5.76 Å². The number of benzene rings is 1. The summed E-state index contributed by atoms with van der Waals surface area (Å²) < 4.78 is 10.3. The molecule has 0 aliphatic rings. The number of methoxy groups -OCH3 is 2. The Morgan fingerprint density at radius 3 is 2.15 bits per heavy atom. The van der Waals surface area contributed by atoms with Crippen LogP contribution in [-0.2, 0) is 19.1 Å². The highest BCUT2D eigenvalue weighted by Gasteiger charge is 2.30. The molecular formula is C14H16NO5+. The van der Waals surface area contributed by atoms with E-state index in [1.54, 1.807) is 18.3 Å². The smallest absolute Gasteiger partial charge is 0.407 e. The highest BCUT2D eigenvalue weighted by atomic mass is 16.5. The zero-order valence-electron chi connectivity index (χ0n) is 11.5. The van der Waals surface area contributed by atoms with Crippen LogP contribution >= 0.6 is 0 Å². The van der Waals surface area contributed by atoms with E-state index in [1.807, 2.05) is 18.2 Å². The molecule has 1 aromatic carbocycles. The lowest BCUT2D eigenvalue weighted by atomic mass is 10.2. The fourth-order valence-electron chi connectivity index (χ4n) is 1.52. The van der Waals surface area contributed by atoms with Gasteiger partial charge in [-0.2, -0.15) is 4.58 Å². The minimum Gasteiger partial charge on any atom is -0.497 e. The van der Waals surface area contributed by atoms with E-state index in [2.05, 4.69) is 9.47 Å². The minimum absolute atomic E-state index is 0.303. The van der Waals surface area contributed by atoms with Crippen molar-refractivity contribution in [2.75, 3.05) is 21.3 Å². The van der Waals surface area contributed by atoms with E-state index in [-0.39, 0.29) is 5.70 Å². The van der Waals surface area contributed by atoms with Gasteiger partial charge in [0, 0.05) is 5.56 Å². The Hall–Kier alpha value is -2.63. The number of hydrogen-bond acceptors (Lipinski definition) is 5. The van der Waals surface area contributed by atoms with Gasteiger partial charge >= 0.3 is 17.6 Å². The molecule has 106 valence electrons. The number of esters is 2. The van der Waals surface area contributed by atoms with Gasteiger partial charge in [0.2, 0.25) is 0 Å². The molecule has 1 aromatic rings. The van der Waals surface area contributed by atoms with Crippen molar-refractivity contribution < 1.29 is 28.7 Å². The quantitative estimate of drug-likeness (QED) is 0.291. The van der Waals surface area contributed by atoms with Crippen molar-refractivity contribution in [1.82, 2.24) is 0 Å². The van der Waals surface area contributed by atoms with E-state index < -0.39 is 17.7 Å². The van der Waals surface area contributed by atoms with Gasteiger partial charge in [0.1, 0.15) is 7.05 Å². The summed E-state index contributed by atoms with van der Waals surface area (Å²) in [4.78, 5) is 23.0. The first kappa shape index (κ1) is 15.4. The number of rotatable bonds is 4. The SMILES string of the molecule is COC(=O)/C(O)=C(\C(=O)OC)[N+](C)=Cc1ccccc1. The lowest BCUT2D eigenvalue weighted by molar-refractivity contribution is -0.436. The standard InChI is InChI=1S/C14H15NO5/c1-15(9-10-7-5-4-6-8-10)11(13(17)19-2)12(16)14(18)20-3/h4-9H,1-3H3/p+1. The third-order valence-corrected chi connectivity index (χ3v) is 2.48. The normalized spacial score (nSPS) is 12.4. The monoisotopic (exact) mass is 278 g/mol. The summed E-state index contributed by atoms with van der Waals surface area (Å²) in [7, 11) is 3.77. The summed E-state index contributed by atoms with van der Waals surface area (Å²) in [6, 6.07) is 9.10. The molecule has 0 aromatic heterocycles. The zero-order valence-corrected chi connectivity index (χ0v) is 11.5. The fraction of sp³-hybridized carbons (Fsp3) is 0.214. The van der Waals surface area contributed by atoms with Crippen LogP contribution in [0.15, 0.2) is 41.8 Å². The summed E-state index contributed by atoms with van der Waals surface area (Å²) in [6.07, 6.45) is 1.57. The molecule has 0 saturated heterocycles. The number of nitrogens with zero attached hydrogens (tertiary/aromatic N) is 1. The zero-order chi connectivity index (χ0) is 15.1. The van der Waals surface area contributed by atoms with Crippen LogP contribution in [0, 0.1) is 0 Å². The van der Waals surface area contributed by atoms with Gasteiger partial charge in [-0.15, -0.1) is 0 Å². The van der Waals surface area contributed by atoms with E-state index in [0.717, 1.165) is 19.8 Å². The van der Waals surface area contributed by atoms with Crippen molar-refractivity contribution in [1.29, 1.82) is 0 Å². The first-order valence-electron chi connectivity index (χ1n) is 5.73. The lowest BCUT2D eigenvalue weighted by Gasteiger charge is -2.03. The van der Waals surface area contributed by atoms with E-state index in [0.29, 0.717) is 0 Å². The Morgan fingerprint density at radius 2 is 1.65 bits per heavy atom. The van der Waals surface area contributed by atoms with E-state index in [9.17, 15) is 14.7 Å². The number of carbonyl (C=O) groups is 2. The molecule has 0 radical (unpaired) electrons. The molecule has 20 heavy (non-hydrogen) atoms. The van der Waals surface area contributed by atoms with Crippen LogP contribution in [-0.4, -0.2) is 49.1 Å². The van der Waals surface area contributed by atoms with Crippen molar-refractivity contribution >= 4 is 18.2 Å². The molecule has 0 fully saturated rings. The summed E-state index contributed by atoms with van der Waals surface area (Å²) in [6.45, 7) is 0. The van der Waals surface area contributed by atoms with Crippen molar-refractivity contribution in [2.45, 2.75) is 0 Å². The van der Waals surface area contributed by atoms with Crippen molar-refractivity contribution in [2.24, 2.45) is 0 Å². The van der Waals surface area contributed by atoms with Gasteiger partial charge in [-0.25, -0.2) is 9.59 Å². The molecule has 0 heterocycles. The summed E-state index contributed by atoms with van der Waals surface area (Å²) >= 11 is 0. The Balaban J connectivity index is 3.29. The number of carbonyl (C=O) groups excluding carboxylic acids is 2. The maximum absolute atomic E-state index is 11.7. The Morgan fingerprint density at radius 1 is 1.10 bits per heavy atom. The van der Waals surface area contributed by atoms with Crippen LogP contribution < -0.4 is 0 Å². The Bertz CT molecular complexity index is 560. The molecule has 0 unspecified atom stereocenters. The second-order valence-corrected chi connectivity index (χ2v) is 3.83. The molecule has 6 nitrogen and oxygen atoms in total. The predicted octanol–water partition coefficient (Wildman–Crippen LogP) is 0.863. The minimum atomic E-state index is -1.02. The largest absolute Gasteiger partial charge is 0.497 e. The van der Waals surface area contributed by atoms with Crippen LogP contribution in [0.4, 0.5) is 0 Å². The highest BCUT2D eigenvalue weighted by Crippen LogP contribution is 2.07. The van der Waals surface area contributed by atoms with Crippen LogP contribution in [0.5, 0.6) is 0 Å². The molecule has 0 aliphatic heterocycles. The van der Waals surface area contributed by atoms with Crippen LogP contribution in [0.3, 0.4) is 0 Å². The number of aliphatic hydroxyl groups excluding tert-OH is 1. The molecule has 0 saturated carbocycles. The first-order chi connectivity index (χ1) is 9.51. The van der Waals surface area contributed by atoms with Crippen molar-refractivity contribution in [3.05, 3.63) is 47.4 Å². The van der Waals surface area contributed by atoms with Crippen molar-refractivity contribution in [3.63, 3.8) is 0 Å². The summed E-state index contributed by atoms with van der Waals surface area (Å²) in [5, 5.41) is 9.77.